The molecule has 0 bridgehead atoms. The molecule has 6 nitrogen and oxygen atoms in total. The lowest BCUT2D eigenvalue weighted by Gasteiger charge is -2.11. The van der Waals surface area contributed by atoms with Crippen LogP contribution in [0.25, 0.3) is 11.3 Å². The van der Waals surface area contributed by atoms with E-state index >= 15 is 0 Å². The van der Waals surface area contributed by atoms with Gasteiger partial charge < -0.3 is 15.4 Å². The Hall–Kier alpha value is -3.41. The second-order valence-corrected chi connectivity index (χ2v) is 5.38. The summed E-state index contributed by atoms with van der Waals surface area (Å²) in [7, 11) is 1.62. The van der Waals surface area contributed by atoms with Gasteiger partial charge in [-0.1, -0.05) is 24.3 Å². The van der Waals surface area contributed by atoms with Crippen molar-refractivity contribution in [1.29, 1.82) is 0 Å². The number of benzene rings is 2. The van der Waals surface area contributed by atoms with Gasteiger partial charge in [-0.05, 0) is 24.3 Å². The zero-order chi connectivity index (χ0) is 17.6. The van der Waals surface area contributed by atoms with Crippen LogP contribution in [0.4, 0.5) is 17.2 Å². The first-order valence-electron chi connectivity index (χ1n) is 7.76. The minimum atomic E-state index is -0.116. The van der Waals surface area contributed by atoms with E-state index in [1.54, 1.807) is 19.5 Å². The molecule has 2 N–H and O–H groups in total. The van der Waals surface area contributed by atoms with Crippen LogP contribution < -0.4 is 15.4 Å². The molecule has 1 amide bonds. The summed E-state index contributed by atoms with van der Waals surface area (Å²) in [6.45, 7) is 1.48. The van der Waals surface area contributed by atoms with Crippen LogP contribution >= 0.6 is 0 Å². The number of carbonyl (C=O) groups is 1. The van der Waals surface area contributed by atoms with Gasteiger partial charge in [0.1, 0.15) is 11.6 Å². The third-order valence-corrected chi connectivity index (χ3v) is 3.48. The molecule has 0 saturated heterocycles. The molecule has 0 radical (unpaired) electrons. The minimum Gasteiger partial charge on any atom is -0.495 e. The molecule has 0 saturated carbocycles. The standard InChI is InChI=1S/C19H18N4O2/c1-13(24)21-15-7-5-6-14(10-15)17-11-20-12-19(23-17)22-16-8-3-4-9-18(16)25-2/h3-12H,1-2H3,(H,21,24)(H,22,23). The first-order chi connectivity index (χ1) is 12.2. The topological polar surface area (TPSA) is 76.1 Å². The van der Waals surface area contributed by atoms with Crippen molar-refractivity contribution < 1.29 is 9.53 Å². The molecular formula is C19H18N4O2. The van der Waals surface area contributed by atoms with Crippen LogP contribution in [-0.2, 0) is 4.79 Å². The van der Waals surface area contributed by atoms with Crippen LogP contribution in [0.2, 0.25) is 0 Å². The van der Waals surface area contributed by atoms with Crippen LogP contribution in [0.1, 0.15) is 6.92 Å². The Morgan fingerprint density at radius 3 is 2.72 bits per heavy atom. The highest BCUT2D eigenvalue weighted by Gasteiger charge is 2.06. The monoisotopic (exact) mass is 334 g/mol. The molecule has 0 aliphatic carbocycles. The van der Waals surface area contributed by atoms with E-state index in [1.165, 1.54) is 6.92 Å². The summed E-state index contributed by atoms with van der Waals surface area (Å²) in [6, 6.07) is 15.1. The Kier molecular flexibility index (Phi) is 4.89. The quantitative estimate of drug-likeness (QED) is 0.741. The average molecular weight is 334 g/mol. The fourth-order valence-corrected chi connectivity index (χ4v) is 2.41. The van der Waals surface area contributed by atoms with Crippen molar-refractivity contribution >= 4 is 23.1 Å². The summed E-state index contributed by atoms with van der Waals surface area (Å²) in [5.41, 5.74) is 3.09. The molecule has 0 atom stereocenters. The average Bonchev–Trinajstić information content (AvgIpc) is 2.62. The number of para-hydroxylation sites is 2. The Labute approximate surface area is 145 Å². The van der Waals surface area contributed by atoms with Gasteiger partial charge in [-0.3, -0.25) is 9.78 Å². The predicted molar refractivity (Wildman–Crippen MR) is 98.0 cm³/mol. The molecule has 2 aromatic carbocycles. The molecule has 1 heterocycles. The highest BCUT2D eigenvalue weighted by atomic mass is 16.5. The van der Waals surface area contributed by atoms with E-state index in [0.29, 0.717) is 11.5 Å². The van der Waals surface area contributed by atoms with E-state index < -0.39 is 0 Å². The lowest BCUT2D eigenvalue weighted by molar-refractivity contribution is -0.114. The first-order valence-corrected chi connectivity index (χ1v) is 7.76. The molecule has 6 heteroatoms. The maximum absolute atomic E-state index is 11.2. The third kappa shape index (κ3) is 4.11. The number of aromatic nitrogens is 2. The van der Waals surface area contributed by atoms with Gasteiger partial charge >= 0.3 is 0 Å². The maximum atomic E-state index is 11.2. The van der Waals surface area contributed by atoms with E-state index in [4.69, 9.17) is 4.74 Å². The smallest absolute Gasteiger partial charge is 0.221 e. The lowest BCUT2D eigenvalue weighted by atomic mass is 10.1. The highest BCUT2D eigenvalue weighted by Crippen LogP contribution is 2.27. The number of methoxy groups -OCH3 is 1. The van der Waals surface area contributed by atoms with E-state index in [0.717, 1.165) is 22.7 Å². The summed E-state index contributed by atoms with van der Waals surface area (Å²) in [5.74, 6) is 1.21. The number of hydrogen-bond donors (Lipinski definition) is 2. The Balaban J connectivity index is 1.88. The van der Waals surface area contributed by atoms with Gasteiger partial charge in [0.15, 0.2) is 0 Å². The Morgan fingerprint density at radius 1 is 1.08 bits per heavy atom. The molecule has 0 unspecified atom stereocenters. The number of hydrogen-bond acceptors (Lipinski definition) is 5. The lowest BCUT2D eigenvalue weighted by Crippen LogP contribution is -2.05. The molecule has 3 aromatic rings. The number of rotatable bonds is 5. The highest BCUT2D eigenvalue weighted by molar-refractivity contribution is 5.89. The normalized spacial score (nSPS) is 10.2. The van der Waals surface area contributed by atoms with Gasteiger partial charge in [-0.2, -0.15) is 0 Å². The second kappa shape index (κ2) is 7.44. The number of amides is 1. The zero-order valence-corrected chi connectivity index (χ0v) is 14.0. The van der Waals surface area contributed by atoms with Crippen LogP contribution in [0.3, 0.4) is 0 Å². The Morgan fingerprint density at radius 2 is 1.92 bits per heavy atom. The van der Waals surface area contributed by atoms with Gasteiger partial charge in [0.25, 0.3) is 0 Å². The first kappa shape index (κ1) is 16.4. The van der Waals surface area contributed by atoms with E-state index in [1.807, 2.05) is 48.5 Å². The van der Waals surface area contributed by atoms with Crippen LogP contribution in [-0.4, -0.2) is 23.0 Å². The van der Waals surface area contributed by atoms with Crippen molar-refractivity contribution in [2.45, 2.75) is 6.92 Å². The van der Waals surface area contributed by atoms with E-state index in [-0.39, 0.29) is 5.91 Å². The van der Waals surface area contributed by atoms with Crippen molar-refractivity contribution in [2.75, 3.05) is 17.7 Å². The molecule has 3 rings (SSSR count). The summed E-state index contributed by atoms with van der Waals surface area (Å²) in [6.07, 6.45) is 3.33. The van der Waals surface area contributed by atoms with Crippen molar-refractivity contribution in [2.24, 2.45) is 0 Å². The molecule has 0 aliphatic rings. The van der Waals surface area contributed by atoms with Crippen LogP contribution in [0, 0.1) is 0 Å². The largest absolute Gasteiger partial charge is 0.495 e. The summed E-state index contributed by atoms with van der Waals surface area (Å²) in [4.78, 5) is 20.1. The van der Waals surface area contributed by atoms with Crippen molar-refractivity contribution in [3.05, 3.63) is 60.9 Å². The fraction of sp³-hybridized carbons (Fsp3) is 0.105. The number of nitrogens with zero attached hydrogens (tertiary/aromatic N) is 2. The van der Waals surface area contributed by atoms with Crippen molar-refractivity contribution in [3.63, 3.8) is 0 Å². The third-order valence-electron chi connectivity index (χ3n) is 3.48. The van der Waals surface area contributed by atoms with E-state index in [2.05, 4.69) is 20.6 Å². The summed E-state index contributed by atoms with van der Waals surface area (Å²) in [5, 5.41) is 5.98. The Bertz CT molecular complexity index is 896. The molecule has 0 spiro atoms. The zero-order valence-electron chi connectivity index (χ0n) is 14.0. The van der Waals surface area contributed by atoms with Gasteiger partial charge in [-0.15, -0.1) is 0 Å². The van der Waals surface area contributed by atoms with Crippen LogP contribution in [0.15, 0.2) is 60.9 Å². The fourth-order valence-electron chi connectivity index (χ4n) is 2.41. The molecule has 25 heavy (non-hydrogen) atoms. The number of carbonyl (C=O) groups excluding carboxylic acids is 1. The molecular weight excluding hydrogens is 316 g/mol. The molecule has 1 aromatic heterocycles. The second-order valence-electron chi connectivity index (χ2n) is 5.38. The minimum absolute atomic E-state index is 0.116. The van der Waals surface area contributed by atoms with Crippen LogP contribution in [0.5, 0.6) is 5.75 Å². The van der Waals surface area contributed by atoms with Crippen molar-refractivity contribution in [3.8, 4) is 17.0 Å². The van der Waals surface area contributed by atoms with Gasteiger partial charge in [0, 0.05) is 18.2 Å². The summed E-state index contributed by atoms with van der Waals surface area (Å²) >= 11 is 0. The van der Waals surface area contributed by atoms with Gasteiger partial charge in [0.05, 0.1) is 30.9 Å². The summed E-state index contributed by atoms with van der Waals surface area (Å²) < 4.78 is 5.33. The number of anilines is 3. The maximum Gasteiger partial charge on any atom is 0.221 e. The number of ether oxygens (including phenoxy) is 1. The van der Waals surface area contributed by atoms with Crippen molar-refractivity contribution in [1.82, 2.24) is 9.97 Å². The predicted octanol–water partition coefficient (Wildman–Crippen LogP) is 3.85. The van der Waals surface area contributed by atoms with Gasteiger partial charge in [0.2, 0.25) is 5.91 Å². The van der Waals surface area contributed by atoms with Gasteiger partial charge in [-0.25, -0.2) is 4.98 Å². The molecule has 126 valence electrons. The van der Waals surface area contributed by atoms with E-state index in [9.17, 15) is 4.79 Å². The SMILES string of the molecule is COc1ccccc1Nc1cncc(-c2cccc(NC(C)=O)c2)n1. The molecule has 0 aliphatic heterocycles. The number of nitrogens with one attached hydrogen (secondary N) is 2. The molecule has 0 fully saturated rings.